The number of esters is 1. The van der Waals surface area contributed by atoms with E-state index in [2.05, 4.69) is 13.0 Å². The number of allylic oxidation sites excluding steroid dienone is 1. The lowest BCUT2D eigenvalue weighted by molar-refractivity contribution is -0.128. The fourth-order valence-electron chi connectivity index (χ4n) is 4.35. The van der Waals surface area contributed by atoms with Gasteiger partial charge in [-0.05, 0) is 48.7 Å². The monoisotopic (exact) mass is 524 g/mol. The lowest BCUT2D eigenvalue weighted by atomic mass is 9.83. The van der Waals surface area contributed by atoms with Gasteiger partial charge in [0.1, 0.15) is 23.1 Å². The minimum atomic E-state index is -0.525. The number of hydrogen-bond donors (Lipinski definition) is 1. The Kier molecular flexibility index (Phi) is 9.25. The molecular weight excluding hydrogens is 492 g/mol. The van der Waals surface area contributed by atoms with Gasteiger partial charge in [-0.25, -0.2) is 4.79 Å². The molecule has 0 radical (unpaired) electrons. The van der Waals surface area contributed by atoms with Crippen molar-refractivity contribution in [3.05, 3.63) is 101 Å². The molecule has 39 heavy (non-hydrogen) atoms. The molecule has 4 rings (SSSR count). The van der Waals surface area contributed by atoms with Crippen molar-refractivity contribution in [1.82, 2.24) is 0 Å². The van der Waals surface area contributed by atoms with Gasteiger partial charge in [0, 0.05) is 17.7 Å². The lowest BCUT2D eigenvalue weighted by Gasteiger charge is -2.27. The Hall–Kier alpha value is -4.70. The number of nitrogens with two attached hydrogens (primary N) is 1. The van der Waals surface area contributed by atoms with Gasteiger partial charge in [-0.3, -0.25) is 0 Å². The van der Waals surface area contributed by atoms with Gasteiger partial charge in [0.05, 0.1) is 19.1 Å². The van der Waals surface area contributed by atoms with Crippen LogP contribution in [0.5, 0.6) is 23.0 Å². The number of carbonyl (C=O) groups excluding carboxylic acids is 1. The van der Waals surface area contributed by atoms with Crippen LogP contribution >= 0.6 is 0 Å². The SMILES string of the molecule is CCCCCOc1ccc(C2C(C#N)=C(N)Oc3cc(OC(=O)/C=C/c4ccccc4)ccc32)cc1OCC. The molecule has 2 N–H and O–H groups in total. The Morgan fingerprint density at radius 2 is 1.85 bits per heavy atom. The van der Waals surface area contributed by atoms with Crippen LogP contribution in [0.15, 0.2) is 84.3 Å². The second-order valence-electron chi connectivity index (χ2n) is 8.98. The predicted molar refractivity (Wildman–Crippen MR) is 149 cm³/mol. The zero-order valence-corrected chi connectivity index (χ0v) is 22.2. The highest BCUT2D eigenvalue weighted by Crippen LogP contribution is 2.45. The summed E-state index contributed by atoms with van der Waals surface area (Å²) < 4.78 is 23.1. The minimum Gasteiger partial charge on any atom is -0.490 e. The number of carbonyl (C=O) groups is 1. The first-order valence-electron chi connectivity index (χ1n) is 13.1. The van der Waals surface area contributed by atoms with Gasteiger partial charge in [-0.2, -0.15) is 5.26 Å². The van der Waals surface area contributed by atoms with Crippen molar-refractivity contribution in [2.45, 2.75) is 39.0 Å². The van der Waals surface area contributed by atoms with Gasteiger partial charge in [0.2, 0.25) is 5.88 Å². The molecule has 1 aliphatic heterocycles. The average molecular weight is 525 g/mol. The van der Waals surface area contributed by atoms with E-state index in [9.17, 15) is 10.1 Å². The maximum atomic E-state index is 12.4. The number of benzene rings is 3. The first kappa shape index (κ1) is 27.3. The first-order chi connectivity index (χ1) is 19.0. The van der Waals surface area contributed by atoms with Crippen molar-refractivity contribution < 1.29 is 23.7 Å². The van der Waals surface area contributed by atoms with Crippen LogP contribution in [0, 0.1) is 11.3 Å². The summed E-state index contributed by atoms with van der Waals surface area (Å²) in [5, 5.41) is 9.94. The fraction of sp³-hybridized carbons (Fsp3) is 0.250. The van der Waals surface area contributed by atoms with Crippen molar-refractivity contribution in [1.29, 1.82) is 5.26 Å². The van der Waals surface area contributed by atoms with E-state index in [1.54, 1.807) is 24.3 Å². The van der Waals surface area contributed by atoms with Gasteiger partial charge in [0.15, 0.2) is 11.5 Å². The van der Waals surface area contributed by atoms with Gasteiger partial charge in [-0.15, -0.1) is 0 Å². The molecule has 0 saturated heterocycles. The lowest BCUT2D eigenvalue weighted by Crippen LogP contribution is -2.21. The Bertz CT molecular complexity index is 1410. The third-order valence-electron chi connectivity index (χ3n) is 6.23. The molecule has 0 aromatic heterocycles. The van der Waals surface area contributed by atoms with Crippen LogP contribution in [0.1, 0.15) is 55.7 Å². The zero-order valence-electron chi connectivity index (χ0n) is 22.2. The van der Waals surface area contributed by atoms with Crippen LogP contribution in [-0.2, 0) is 4.79 Å². The molecule has 0 aliphatic carbocycles. The zero-order chi connectivity index (χ0) is 27.6. The summed E-state index contributed by atoms with van der Waals surface area (Å²) in [7, 11) is 0. The van der Waals surface area contributed by atoms with Gasteiger partial charge >= 0.3 is 5.97 Å². The number of hydrogen-bond acceptors (Lipinski definition) is 7. The van der Waals surface area contributed by atoms with Crippen molar-refractivity contribution >= 4 is 12.0 Å². The number of rotatable bonds is 11. The van der Waals surface area contributed by atoms with E-state index >= 15 is 0 Å². The summed E-state index contributed by atoms with van der Waals surface area (Å²) in [5.41, 5.74) is 8.88. The summed E-state index contributed by atoms with van der Waals surface area (Å²) >= 11 is 0. The second kappa shape index (κ2) is 13.2. The number of fused-ring (bicyclic) bond motifs is 1. The highest BCUT2D eigenvalue weighted by Gasteiger charge is 2.31. The molecule has 3 aromatic rings. The molecule has 0 fully saturated rings. The van der Waals surface area contributed by atoms with E-state index in [4.69, 9.17) is 24.7 Å². The maximum absolute atomic E-state index is 12.4. The van der Waals surface area contributed by atoms with Crippen molar-refractivity contribution in [3.8, 4) is 29.1 Å². The number of ether oxygens (including phenoxy) is 4. The molecule has 1 unspecified atom stereocenters. The second-order valence-corrected chi connectivity index (χ2v) is 8.98. The third-order valence-corrected chi connectivity index (χ3v) is 6.23. The Morgan fingerprint density at radius 1 is 1.03 bits per heavy atom. The molecule has 1 heterocycles. The largest absolute Gasteiger partial charge is 0.490 e. The molecule has 0 saturated carbocycles. The van der Waals surface area contributed by atoms with E-state index in [1.165, 1.54) is 6.08 Å². The maximum Gasteiger partial charge on any atom is 0.336 e. The summed E-state index contributed by atoms with van der Waals surface area (Å²) in [6, 6.07) is 22.4. The molecule has 1 atom stereocenters. The van der Waals surface area contributed by atoms with Crippen molar-refractivity contribution in [3.63, 3.8) is 0 Å². The van der Waals surface area contributed by atoms with E-state index in [1.807, 2.05) is 55.5 Å². The van der Waals surface area contributed by atoms with Crippen LogP contribution in [0.4, 0.5) is 0 Å². The summed E-state index contributed by atoms with van der Waals surface area (Å²) in [6.07, 6.45) is 6.21. The van der Waals surface area contributed by atoms with E-state index < -0.39 is 11.9 Å². The minimum absolute atomic E-state index is 0.000280. The molecule has 1 aliphatic rings. The number of unbranched alkanes of at least 4 members (excludes halogenated alkanes) is 2. The highest BCUT2D eigenvalue weighted by atomic mass is 16.5. The first-order valence-corrected chi connectivity index (χ1v) is 13.1. The molecule has 0 amide bonds. The molecule has 3 aromatic carbocycles. The Balaban J connectivity index is 1.60. The molecule has 200 valence electrons. The number of nitriles is 1. The smallest absolute Gasteiger partial charge is 0.336 e. The Labute approximate surface area is 229 Å². The van der Waals surface area contributed by atoms with Crippen LogP contribution in [0.3, 0.4) is 0 Å². The Morgan fingerprint density at radius 3 is 2.59 bits per heavy atom. The quantitative estimate of drug-likeness (QED) is 0.132. The topological polar surface area (TPSA) is 104 Å². The van der Waals surface area contributed by atoms with Gasteiger partial charge in [0.25, 0.3) is 0 Å². The highest BCUT2D eigenvalue weighted by molar-refractivity contribution is 5.88. The van der Waals surface area contributed by atoms with Crippen LogP contribution in [0.25, 0.3) is 6.08 Å². The normalized spacial score (nSPS) is 14.3. The summed E-state index contributed by atoms with van der Waals surface area (Å²) in [6.45, 7) is 5.13. The average Bonchev–Trinajstić information content (AvgIpc) is 2.95. The fourth-order valence-corrected chi connectivity index (χ4v) is 4.35. The van der Waals surface area contributed by atoms with E-state index in [-0.39, 0.29) is 11.5 Å². The molecular formula is C32H32N2O5. The van der Waals surface area contributed by atoms with Crippen LogP contribution in [0.2, 0.25) is 0 Å². The van der Waals surface area contributed by atoms with Crippen molar-refractivity contribution in [2.75, 3.05) is 13.2 Å². The van der Waals surface area contributed by atoms with Crippen molar-refractivity contribution in [2.24, 2.45) is 5.73 Å². The van der Waals surface area contributed by atoms with E-state index in [0.29, 0.717) is 36.2 Å². The van der Waals surface area contributed by atoms with Crippen LogP contribution < -0.4 is 24.7 Å². The van der Waals surface area contributed by atoms with E-state index in [0.717, 1.165) is 36.0 Å². The molecule has 7 heteroatoms. The van der Waals surface area contributed by atoms with Gasteiger partial charge < -0.3 is 24.7 Å². The molecule has 7 nitrogen and oxygen atoms in total. The van der Waals surface area contributed by atoms with Gasteiger partial charge in [-0.1, -0.05) is 62.2 Å². The predicted octanol–water partition coefficient (Wildman–Crippen LogP) is 6.49. The standard InChI is InChI=1S/C32H32N2O5/c1-3-5-9-18-37-27-16-13-23(19-29(27)36-4-2)31-25-15-14-24(20-28(25)39-32(34)26(31)21-33)38-30(35)17-12-22-10-7-6-8-11-22/h6-8,10-17,19-20,31H,3-5,9,18,34H2,1-2H3/b17-12+. The molecule has 0 bridgehead atoms. The summed E-state index contributed by atoms with van der Waals surface area (Å²) in [5.74, 6) is 0.954. The third kappa shape index (κ3) is 6.79. The van der Waals surface area contributed by atoms with Crippen LogP contribution in [-0.4, -0.2) is 19.2 Å². The summed E-state index contributed by atoms with van der Waals surface area (Å²) in [4.78, 5) is 12.4. The molecule has 0 spiro atoms. The number of nitrogens with zero attached hydrogens (tertiary/aromatic N) is 1.